The number of benzene rings is 2. The Morgan fingerprint density at radius 3 is 2.45 bits per heavy atom. The van der Waals surface area contributed by atoms with Crippen LogP contribution in [0.15, 0.2) is 30.3 Å². The minimum atomic E-state index is -0.271. The maximum absolute atomic E-state index is 12.5. The van der Waals surface area contributed by atoms with Crippen LogP contribution < -0.4 is 0 Å². The average Bonchev–Trinajstić information content (AvgIpc) is 2.46. The number of carbonyl (C=O) groups is 2. The number of rotatable bonds is 3. The molecule has 4 nitrogen and oxygen atoms in total. The van der Waals surface area contributed by atoms with E-state index in [0.29, 0.717) is 28.4 Å². The second-order valence-electron chi connectivity index (χ2n) is 4.98. The first-order chi connectivity index (χ1) is 9.65. The van der Waals surface area contributed by atoms with Gasteiger partial charge in [-0.05, 0) is 24.6 Å². The van der Waals surface area contributed by atoms with Crippen LogP contribution in [0.4, 0.5) is 0 Å². The zero-order valence-corrected chi connectivity index (χ0v) is 11.2. The normalized spacial score (nSPS) is 14.2. The molecule has 0 atom stereocenters. The van der Waals surface area contributed by atoms with E-state index in [1.165, 1.54) is 11.0 Å². The fraction of sp³-hybridized carbons (Fsp3) is 0.250. The molecule has 0 saturated heterocycles. The van der Waals surface area contributed by atoms with Gasteiger partial charge in [0.05, 0.1) is 0 Å². The Kier molecular flexibility index (Phi) is 2.93. The summed E-state index contributed by atoms with van der Waals surface area (Å²) in [7, 11) is 0. The number of carbonyl (C=O) groups excluding carboxylic acids is 2. The van der Waals surface area contributed by atoms with Crippen molar-refractivity contribution in [3.05, 3.63) is 41.5 Å². The Labute approximate surface area is 116 Å². The number of amides is 2. The van der Waals surface area contributed by atoms with Crippen molar-refractivity contribution in [1.29, 1.82) is 0 Å². The van der Waals surface area contributed by atoms with Crippen molar-refractivity contribution >= 4 is 22.6 Å². The van der Waals surface area contributed by atoms with Crippen LogP contribution >= 0.6 is 0 Å². The predicted molar refractivity (Wildman–Crippen MR) is 75.9 cm³/mol. The van der Waals surface area contributed by atoms with Gasteiger partial charge in [0.15, 0.2) is 0 Å². The molecule has 2 aromatic rings. The van der Waals surface area contributed by atoms with Gasteiger partial charge in [-0.15, -0.1) is 0 Å². The third kappa shape index (κ3) is 1.68. The van der Waals surface area contributed by atoms with Crippen LogP contribution in [0.1, 0.15) is 40.5 Å². The lowest BCUT2D eigenvalue weighted by atomic mass is 9.93. The van der Waals surface area contributed by atoms with Crippen molar-refractivity contribution in [3.63, 3.8) is 0 Å². The van der Waals surface area contributed by atoms with Crippen LogP contribution in [0.2, 0.25) is 0 Å². The number of nitrogens with zero attached hydrogens (tertiary/aromatic N) is 1. The number of hydrogen-bond donors (Lipinski definition) is 1. The highest BCUT2D eigenvalue weighted by molar-refractivity contribution is 6.26. The molecule has 102 valence electrons. The molecule has 4 heteroatoms. The lowest BCUT2D eigenvalue weighted by molar-refractivity contribution is 0.0608. The van der Waals surface area contributed by atoms with Crippen LogP contribution in [0.5, 0.6) is 5.75 Å². The summed E-state index contributed by atoms with van der Waals surface area (Å²) < 4.78 is 0. The number of unbranched alkanes of at least 4 members (excludes halogenated alkanes) is 1. The van der Waals surface area contributed by atoms with E-state index in [0.717, 1.165) is 12.8 Å². The number of hydrogen-bond acceptors (Lipinski definition) is 3. The quantitative estimate of drug-likeness (QED) is 0.871. The molecule has 2 aromatic carbocycles. The van der Waals surface area contributed by atoms with Crippen molar-refractivity contribution in [2.24, 2.45) is 0 Å². The van der Waals surface area contributed by atoms with E-state index in [1.807, 2.05) is 6.92 Å². The largest absolute Gasteiger partial charge is 0.507 e. The van der Waals surface area contributed by atoms with Crippen molar-refractivity contribution in [1.82, 2.24) is 4.90 Å². The molecule has 1 heterocycles. The van der Waals surface area contributed by atoms with Crippen LogP contribution in [-0.2, 0) is 0 Å². The van der Waals surface area contributed by atoms with Crippen LogP contribution in [0.3, 0.4) is 0 Å². The molecule has 3 rings (SSSR count). The lowest BCUT2D eigenvalue weighted by Crippen LogP contribution is -2.40. The monoisotopic (exact) mass is 269 g/mol. The Morgan fingerprint density at radius 1 is 1.05 bits per heavy atom. The number of phenolic OH excluding ortho intramolecular Hbond substituents is 1. The van der Waals surface area contributed by atoms with Gasteiger partial charge in [-0.3, -0.25) is 14.5 Å². The van der Waals surface area contributed by atoms with Gasteiger partial charge in [-0.2, -0.15) is 0 Å². The molecule has 0 saturated carbocycles. The summed E-state index contributed by atoms with van der Waals surface area (Å²) in [6.45, 7) is 2.45. The smallest absolute Gasteiger partial charge is 0.261 e. The molecular weight excluding hydrogens is 254 g/mol. The van der Waals surface area contributed by atoms with E-state index in [-0.39, 0.29) is 17.6 Å². The summed E-state index contributed by atoms with van der Waals surface area (Å²) in [5.74, 6) is -0.451. The molecule has 0 aromatic heterocycles. The molecule has 0 bridgehead atoms. The first kappa shape index (κ1) is 12.7. The summed E-state index contributed by atoms with van der Waals surface area (Å²) in [5, 5.41) is 11.0. The third-order valence-electron chi connectivity index (χ3n) is 3.70. The highest BCUT2D eigenvalue weighted by atomic mass is 16.3. The Hall–Kier alpha value is -2.36. The predicted octanol–water partition coefficient (Wildman–Crippen LogP) is 2.94. The number of aromatic hydroxyl groups is 1. The molecule has 20 heavy (non-hydrogen) atoms. The highest BCUT2D eigenvalue weighted by Crippen LogP contribution is 2.34. The molecule has 1 aliphatic rings. The van der Waals surface area contributed by atoms with Crippen molar-refractivity contribution in [2.45, 2.75) is 19.8 Å². The average molecular weight is 269 g/mol. The molecule has 0 radical (unpaired) electrons. The molecule has 0 unspecified atom stereocenters. The zero-order chi connectivity index (χ0) is 14.3. The van der Waals surface area contributed by atoms with E-state index in [2.05, 4.69) is 0 Å². The first-order valence-corrected chi connectivity index (χ1v) is 6.76. The van der Waals surface area contributed by atoms with Gasteiger partial charge in [0, 0.05) is 28.4 Å². The summed E-state index contributed by atoms with van der Waals surface area (Å²) in [6, 6.07) is 8.26. The van der Waals surface area contributed by atoms with E-state index in [9.17, 15) is 14.7 Å². The summed E-state index contributed by atoms with van der Waals surface area (Å²) in [5.41, 5.74) is 0.980. The standard InChI is InChI=1S/C16H15NO3/c1-2-3-9-17-15(19)11-6-4-5-10-13(18)8-7-12(14(10)11)16(17)20/h4-8,18H,2-3,9H2,1H3. The molecule has 0 spiro atoms. The molecular formula is C16H15NO3. The van der Waals surface area contributed by atoms with Crippen molar-refractivity contribution in [2.75, 3.05) is 6.54 Å². The lowest BCUT2D eigenvalue weighted by Gasteiger charge is -2.27. The van der Waals surface area contributed by atoms with Crippen LogP contribution in [-0.4, -0.2) is 28.4 Å². The van der Waals surface area contributed by atoms with Gasteiger partial charge >= 0.3 is 0 Å². The third-order valence-corrected chi connectivity index (χ3v) is 3.70. The number of imide groups is 1. The second kappa shape index (κ2) is 4.63. The maximum Gasteiger partial charge on any atom is 0.261 e. The zero-order valence-electron chi connectivity index (χ0n) is 11.2. The summed E-state index contributed by atoms with van der Waals surface area (Å²) in [6.07, 6.45) is 1.71. The Morgan fingerprint density at radius 2 is 1.75 bits per heavy atom. The van der Waals surface area contributed by atoms with Crippen molar-refractivity contribution in [3.8, 4) is 5.75 Å². The molecule has 1 N–H and O–H groups in total. The maximum atomic E-state index is 12.5. The number of phenols is 1. The van der Waals surface area contributed by atoms with Gasteiger partial charge < -0.3 is 5.11 Å². The van der Waals surface area contributed by atoms with Gasteiger partial charge in [-0.25, -0.2) is 0 Å². The summed E-state index contributed by atoms with van der Waals surface area (Å²) >= 11 is 0. The van der Waals surface area contributed by atoms with E-state index in [1.54, 1.807) is 24.3 Å². The molecule has 0 fully saturated rings. The van der Waals surface area contributed by atoms with E-state index in [4.69, 9.17) is 0 Å². The minimum Gasteiger partial charge on any atom is -0.507 e. The van der Waals surface area contributed by atoms with Gasteiger partial charge in [-0.1, -0.05) is 25.5 Å². The van der Waals surface area contributed by atoms with E-state index < -0.39 is 0 Å². The second-order valence-corrected chi connectivity index (χ2v) is 4.98. The molecule has 2 amide bonds. The van der Waals surface area contributed by atoms with Gasteiger partial charge in [0.25, 0.3) is 11.8 Å². The topological polar surface area (TPSA) is 57.6 Å². The fourth-order valence-electron chi connectivity index (χ4n) is 2.65. The van der Waals surface area contributed by atoms with E-state index >= 15 is 0 Å². The van der Waals surface area contributed by atoms with Gasteiger partial charge in [0.2, 0.25) is 0 Å². The summed E-state index contributed by atoms with van der Waals surface area (Å²) in [4.78, 5) is 26.2. The Bertz CT molecular complexity index is 699. The molecule has 1 aliphatic heterocycles. The highest BCUT2D eigenvalue weighted by Gasteiger charge is 2.32. The van der Waals surface area contributed by atoms with Gasteiger partial charge in [0.1, 0.15) is 5.75 Å². The Balaban J connectivity index is 2.23. The van der Waals surface area contributed by atoms with Crippen LogP contribution in [0, 0.1) is 0 Å². The SMILES string of the molecule is CCCCN1C(=O)c2cccc3c(O)ccc(c23)C1=O. The fourth-order valence-corrected chi connectivity index (χ4v) is 2.65. The van der Waals surface area contributed by atoms with Crippen LogP contribution in [0.25, 0.3) is 10.8 Å². The first-order valence-electron chi connectivity index (χ1n) is 6.76. The van der Waals surface area contributed by atoms with Crippen molar-refractivity contribution < 1.29 is 14.7 Å². The minimum absolute atomic E-state index is 0.0909. The molecule has 0 aliphatic carbocycles.